The van der Waals surface area contributed by atoms with Gasteiger partial charge in [-0.05, 0) is 50.1 Å². The van der Waals surface area contributed by atoms with Crippen molar-refractivity contribution in [1.82, 2.24) is 10.4 Å². The van der Waals surface area contributed by atoms with Gasteiger partial charge in [0.15, 0.2) is 0 Å². The monoisotopic (exact) mass is 345 g/mol. The van der Waals surface area contributed by atoms with E-state index in [4.69, 9.17) is 11.6 Å². The first-order valence-corrected chi connectivity index (χ1v) is 8.34. The Morgan fingerprint density at radius 2 is 1.96 bits per heavy atom. The van der Waals surface area contributed by atoms with Crippen molar-refractivity contribution in [1.29, 1.82) is 0 Å². The standard InChI is InChI=1S/C17H16ClN3OS/c1-9-4-5-10(2)12(8-9)16(22)20-21-17-19-15-11(3)13(18)6-7-14(15)23-17/h4-8H,1-3H3,(H,19,21)(H,20,22). The summed E-state index contributed by atoms with van der Waals surface area (Å²) in [5.41, 5.74) is 10.0. The van der Waals surface area contributed by atoms with Crippen LogP contribution < -0.4 is 10.9 Å². The molecule has 0 aliphatic rings. The lowest BCUT2D eigenvalue weighted by Gasteiger charge is -2.08. The van der Waals surface area contributed by atoms with Crippen LogP contribution >= 0.6 is 22.9 Å². The number of anilines is 1. The van der Waals surface area contributed by atoms with Crippen LogP contribution in [-0.2, 0) is 0 Å². The highest BCUT2D eigenvalue weighted by molar-refractivity contribution is 7.22. The number of nitrogens with zero attached hydrogens (tertiary/aromatic N) is 1. The highest BCUT2D eigenvalue weighted by atomic mass is 35.5. The minimum absolute atomic E-state index is 0.180. The molecule has 0 saturated heterocycles. The predicted octanol–water partition coefficient (Wildman–Crippen LogP) is 4.63. The van der Waals surface area contributed by atoms with Crippen molar-refractivity contribution < 1.29 is 4.79 Å². The van der Waals surface area contributed by atoms with E-state index in [9.17, 15) is 4.79 Å². The maximum atomic E-state index is 12.3. The molecule has 1 amide bonds. The summed E-state index contributed by atoms with van der Waals surface area (Å²) >= 11 is 7.58. The number of benzene rings is 2. The molecule has 2 N–H and O–H groups in total. The van der Waals surface area contributed by atoms with Crippen LogP contribution in [0.4, 0.5) is 5.13 Å². The number of carbonyl (C=O) groups is 1. The molecule has 0 unspecified atom stereocenters. The number of hydrazine groups is 1. The van der Waals surface area contributed by atoms with Crippen molar-refractivity contribution >= 4 is 44.2 Å². The number of amides is 1. The quantitative estimate of drug-likeness (QED) is 0.680. The molecular formula is C17H16ClN3OS. The van der Waals surface area contributed by atoms with Gasteiger partial charge in [-0.1, -0.05) is 40.6 Å². The summed E-state index contributed by atoms with van der Waals surface area (Å²) in [6.07, 6.45) is 0. The van der Waals surface area contributed by atoms with Crippen LogP contribution in [0.5, 0.6) is 0 Å². The van der Waals surface area contributed by atoms with Crippen molar-refractivity contribution in [2.75, 3.05) is 5.43 Å². The van der Waals surface area contributed by atoms with Gasteiger partial charge in [0, 0.05) is 10.6 Å². The molecule has 4 nitrogen and oxygen atoms in total. The smallest absolute Gasteiger partial charge is 0.269 e. The molecule has 0 saturated carbocycles. The van der Waals surface area contributed by atoms with E-state index in [-0.39, 0.29) is 5.91 Å². The van der Waals surface area contributed by atoms with E-state index in [0.29, 0.717) is 15.7 Å². The van der Waals surface area contributed by atoms with Crippen LogP contribution in [0.25, 0.3) is 10.2 Å². The van der Waals surface area contributed by atoms with Gasteiger partial charge in [0.25, 0.3) is 5.91 Å². The third kappa shape index (κ3) is 3.16. The summed E-state index contributed by atoms with van der Waals surface area (Å²) < 4.78 is 1.02. The van der Waals surface area contributed by atoms with Crippen molar-refractivity contribution in [2.45, 2.75) is 20.8 Å². The Labute approximate surface area is 143 Å². The second-order valence-corrected chi connectivity index (χ2v) is 6.87. The third-order valence-corrected chi connectivity index (χ3v) is 5.01. The van der Waals surface area contributed by atoms with Gasteiger partial charge in [0.05, 0.1) is 10.2 Å². The number of rotatable bonds is 3. The number of fused-ring (bicyclic) bond motifs is 1. The number of thiazole rings is 1. The number of nitrogens with one attached hydrogen (secondary N) is 2. The van der Waals surface area contributed by atoms with Gasteiger partial charge in [0.2, 0.25) is 5.13 Å². The van der Waals surface area contributed by atoms with Crippen LogP contribution in [0, 0.1) is 20.8 Å². The molecule has 1 aromatic heterocycles. The minimum Gasteiger partial charge on any atom is -0.273 e. The number of aryl methyl sites for hydroxylation is 3. The molecule has 0 aliphatic carbocycles. The first kappa shape index (κ1) is 15.8. The molecule has 23 heavy (non-hydrogen) atoms. The third-order valence-electron chi connectivity index (χ3n) is 3.67. The lowest BCUT2D eigenvalue weighted by molar-refractivity contribution is 0.0962. The highest BCUT2D eigenvalue weighted by Crippen LogP contribution is 2.31. The molecule has 0 aliphatic heterocycles. The van der Waals surface area contributed by atoms with E-state index in [1.807, 2.05) is 51.1 Å². The summed E-state index contributed by atoms with van der Waals surface area (Å²) in [4.78, 5) is 16.8. The zero-order chi connectivity index (χ0) is 16.6. The average Bonchev–Trinajstić information content (AvgIpc) is 2.95. The molecule has 0 atom stereocenters. The van der Waals surface area contributed by atoms with Crippen LogP contribution in [0.3, 0.4) is 0 Å². The van der Waals surface area contributed by atoms with Gasteiger partial charge in [0.1, 0.15) is 0 Å². The van der Waals surface area contributed by atoms with Crippen molar-refractivity contribution in [2.24, 2.45) is 0 Å². The fraction of sp³-hybridized carbons (Fsp3) is 0.176. The second-order valence-electron chi connectivity index (χ2n) is 5.44. The highest BCUT2D eigenvalue weighted by Gasteiger charge is 2.11. The zero-order valence-electron chi connectivity index (χ0n) is 13.0. The molecule has 1 heterocycles. The Morgan fingerprint density at radius 1 is 1.17 bits per heavy atom. The van der Waals surface area contributed by atoms with Crippen LogP contribution in [0.2, 0.25) is 5.02 Å². The Bertz CT molecular complexity index is 904. The molecule has 0 radical (unpaired) electrons. The largest absolute Gasteiger partial charge is 0.273 e. The summed E-state index contributed by atoms with van der Waals surface area (Å²) in [5, 5.41) is 1.32. The molecule has 2 aromatic carbocycles. The Kier molecular flexibility index (Phi) is 4.24. The molecule has 3 rings (SSSR count). The number of hydrogen-bond acceptors (Lipinski definition) is 4. The average molecular weight is 346 g/mol. The Morgan fingerprint density at radius 3 is 2.74 bits per heavy atom. The molecule has 118 valence electrons. The number of carbonyl (C=O) groups excluding carboxylic acids is 1. The molecular weight excluding hydrogens is 330 g/mol. The molecule has 0 spiro atoms. The van der Waals surface area contributed by atoms with Gasteiger partial charge in [-0.3, -0.25) is 15.6 Å². The normalized spacial score (nSPS) is 10.8. The number of aromatic nitrogens is 1. The van der Waals surface area contributed by atoms with Gasteiger partial charge in [-0.2, -0.15) is 0 Å². The topological polar surface area (TPSA) is 54.0 Å². The van der Waals surface area contributed by atoms with E-state index in [0.717, 1.165) is 26.9 Å². The number of hydrogen-bond donors (Lipinski definition) is 2. The fourth-order valence-electron chi connectivity index (χ4n) is 2.31. The summed E-state index contributed by atoms with van der Waals surface area (Å²) in [6.45, 7) is 5.81. The molecule has 3 aromatic rings. The minimum atomic E-state index is -0.180. The number of halogens is 1. The van der Waals surface area contributed by atoms with E-state index in [1.165, 1.54) is 11.3 Å². The SMILES string of the molecule is Cc1ccc(C)c(C(=O)NNc2nc3c(C)c(Cl)ccc3s2)c1. The molecule has 0 bridgehead atoms. The summed E-state index contributed by atoms with van der Waals surface area (Å²) in [5.74, 6) is -0.180. The Balaban J connectivity index is 1.79. The Hall–Kier alpha value is -2.11. The van der Waals surface area contributed by atoms with E-state index < -0.39 is 0 Å². The maximum absolute atomic E-state index is 12.3. The molecule has 0 fully saturated rings. The lowest BCUT2D eigenvalue weighted by Crippen LogP contribution is -2.29. The van der Waals surface area contributed by atoms with Gasteiger partial charge in [-0.15, -0.1) is 0 Å². The summed E-state index contributed by atoms with van der Waals surface area (Å²) in [7, 11) is 0. The van der Waals surface area contributed by atoms with E-state index in [1.54, 1.807) is 0 Å². The predicted molar refractivity (Wildman–Crippen MR) is 96.4 cm³/mol. The van der Waals surface area contributed by atoms with Crippen LogP contribution in [0.15, 0.2) is 30.3 Å². The van der Waals surface area contributed by atoms with Crippen LogP contribution in [-0.4, -0.2) is 10.9 Å². The van der Waals surface area contributed by atoms with Crippen molar-refractivity contribution in [3.63, 3.8) is 0 Å². The zero-order valence-corrected chi connectivity index (χ0v) is 14.6. The van der Waals surface area contributed by atoms with Gasteiger partial charge >= 0.3 is 0 Å². The van der Waals surface area contributed by atoms with Crippen LogP contribution in [0.1, 0.15) is 27.0 Å². The van der Waals surface area contributed by atoms with Gasteiger partial charge in [-0.25, -0.2) is 4.98 Å². The van der Waals surface area contributed by atoms with E-state index >= 15 is 0 Å². The second kappa shape index (κ2) is 6.18. The maximum Gasteiger partial charge on any atom is 0.269 e. The molecule has 6 heteroatoms. The fourth-order valence-corrected chi connectivity index (χ4v) is 3.34. The first-order chi connectivity index (χ1) is 11.0. The van der Waals surface area contributed by atoms with Crippen molar-refractivity contribution in [3.05, 3.63) is 57.6 Å². The summed E-state index contributed by atoms with van der Waals surface area (Å²) in [6, 6.07) is 9.58. The van der Waals surface area contributed by atoms with Gasteiger partial charge < -0.3 is 0 Å². The van der Waals surface area contributed by atoms with Crippen molar-refractivity contribution in [3.8, 4) is 0 Å². The van der Waals surface area contributed by atoms with E-state index in [2.05, 4.69) is 15.8 Å². The lowest BCUT2D eigenvalue weighted by atomic mass is 10.1. The first-order valence-electron chi connectivity index (χ1n) is 7.15.